The minimum absolute atomic E-state index is 0.171. The summed E-state index contributed by atoms with van der Waals surface area (Å²) < 4.78 is 10.6. The number of fused-ring (bicyclic) bond motifs is 5. The van der Waals surface area contributed by atoms with E-state index < -0.39 is 0 Å². The molecule has 3 heteroatoms. The molecule has 2 unspecified atom stereocenters. The van der Waals surface area contributed by atoms with Crippen LogP contribution in [0, 0.1) is 52.3 Å². The third-order valence-corrected chi connectivity index (χ3v) is 11.2. The molecule has 0 bridgehead atoms. The molecule has 32 heavy (non-hydrogen) atoms. The van der Waals surface area contributed by atoms with Crippen LogP contribution in [0.5, 0.6) is 0 Å². The lowest BCUT2D eigenvalue weighted by Crippen LogP contribution is -2.58. The first kappa shape index (κ1) is 24.4. The van der Waals surface area contributed by atoms with Crippen molar-refractivity contribution in [2.24, 2.45) is 52.3 Å². The van der Waals surface area contributed by atoms with Gasteiger partial charge >= 0.3 is 5.97 Å². The number of ether oxygens (including phenoxy) is 1. The summed E-state index contributed by atoms with van der Waals surface area (Å²) in [5.41, 5.74) is 0.904. The summed E-state index contributed by atoms with van der Waals surface area (Å²) in [5.74, 6) is 5.54. The lowest BCUT2D eigenvalue weighted by atomic mass is 9.44. The quantitative estimate of drug-likeness (QED) is 0.194. The Kier molecular flexibility index (Phi) is 7.24. The van der Waals surface area contributed by atoms with Crippen LogP contribution in [0.15, 0.2) is 0 Å². The highest BCUT2D eigenvalue weighted by molar-refractivity contribution is 5.66. The van der Waals surface area contributed by atoms with Crippen LogP contribution in [0.1, 0.15) is 119 Å². The van der Waals surface area contributed by atoms with E-state index in [4.69, 9.17) is 4.74 Å². The van der Waals surface area contributed by atoms with Crippen molar-refractivity contribution in [1.82, 2.24) is 0 Å². The Morgan fingerprint density at radius 3 is 2.44 bits per heavy atom. The van der Waals surface area contributed by atoms with Crippen LogP contribution in [0.4, 0.5) is 0 Å². The second-order valence-corrected chi connectivity index (χ2v) is 13.2. The Balaban J connectivity index is 1.58. The SMILES string of the molecule is CC(OC1CC2CCCC[C@]2(C)[C@H]2CC[C@]3(C)[C@@H]([C@H](C)CCCC(C)C)CC[C@H]3[C@H]12)=[O+][O-]. The maximum absolute atomic E-state index is 11.1. The van der Waals surface area contributed by atoms with E-state index in [1.165, 1.54) is 70.6 Å². The predicted molar refractivity (Wildman–Crippen MR) is 129 cm³/mol. The van der Waals surface area contributed by atoms with Crippen molar-refractivity contribution in [3.05, 3.63) is 0 Å². The first-order chi connectivity index (χ1) is 15.2. The molecule has 0 amide bonds. The minimum Gasteiger partial charge on any atom is -0.588 e. The molecule has 0 spiro atoms. The summed E-state index contributed by atoms with van der Waals surface area (Å²) in [6, 6.07) is 0. The van der Waals surface area contributed by atoms with Gasteiger partial charge in [0.2, 0.25) is 0 Å². The summed E-state index contributed by atoms with van der Waals surface area (Å²) in [7, 11) is 0. The van der Waals surface area contributed by atoms with Crippen molar-refractivity contribution in [2.75, 3.05) is 0 Å². The lowest BCUT2D eigenvalue weighted by molar-refractivity contribution is -1.05. The van der Waals surface area contributed by atoms with Gasteiger partial charge < -0.3 is 9.99 Å². The van der Waals surface area contributed by atoms with E-state index in [2.05, 4.69) is 39.2 Å². The Labute approximate surface area is 197 Å². The molecule has 0 aromatic carbocycles. The zero-order valence-corrected chi connectivity index (χ0v) is 21.8. The Bertz CT molecular complexity index is 671. The molecule has 4 aliphatic carbocycles. The molecule has 4 fully saturated rings. The molecule has 9 atom stereocenters. The van der Waals surface area contributed by atoms with Crippen molar-refractivity contribution >= 4 is 5.97 Å². The Morgan fingerprint density at radius 2 is 1.72 bits per heavy atom. The van der Waals surface area contributed by atoms with Crippen molar-refractivity contribution < 1.29 is 14.6 Å². The fourth-order valence-electron chi connectivity index (χ4n) is 9.61. The van der Waals surface area contributed by atoms with Gasteiger partial charge in [0.25, 0.3) is 0 Å². The third kappa shape index (κ3) is 4.24. The third-order valence-electron chi connectivity index (χ3n) is 11.2. The molecule has 4 rings (SSSR count). The first-order valence-corrected chi connectivity index (χ1v) is 14.0. The molecule has 0 saturated heterocycles. The van der Waals surface area contributed by atoms with Gasteiger partial charge in [-0.2, -0.15) is 0 Å². The number of hydrogen-bond acceptors (Lipinski definition) is 2. The van der Waals surface area contributed by atoms with Crippen molar-refractivity contribution in [2.45, 2.75) is 125 Å². The van der Waals surface area contributed by atoms with Crippen molar-refractivity contribution in [1.29, 1.82) is 0 Å². The largest absolute Gasteiger partial charge is 0.588 e. The highest BCUT2D eigenvalue weighted by Gasteiger charge is 2.64. The number of carbonyl (C=O) groups excluding carboxylic acids is 1. The van der Waals surface area contributed by atoms with E-state index >= 15 is 0 Å². The minimum atomic E-state index is 0.171. The summed E-state index contributed by atoms with van der Waals surface area (Å²) in [5, 5.41) is 11.1. The van der Waals surface area contributed by atoms with Gasteiger partial charge in [-0.3, -0.25) is 4.58 Å². The average Bonchev–Trinajstić information content (AvgIpc) is 3.10. The summed E-state index contributed by atoms with van der Waals surface area (Å²) >= 11 is 0. The zero-order valence-electron chi connectivity index (χ0n) is 21.8. The van der Waals surface area contributed by atoms with Crippen molar-refractivity contribution in [3.8, 4) is 0 Å². The van der Waals surface area contributed by atoms with Gasteiger partial charge in [-0.25, -0.2) is 0 Å². The molecule has 184 valence electrons. The second-order valence-electron chi connectivity index (χ2n) is 13.2. The van der Waals surface area contributed by atoms with Gasteiger partial charge in [-0.15, -0.1) is 0 Å². The van der Waals surface area contributed by atoms with Crippen LogP contribution in [0.3, 0.4) is 0 Å². The van der Waals surface area contributed by atoms with Gasteiger partial charge in [0.15, 0.2) is 6.10 Å². The molecule has 0 aromatic rings. The molecule has 0 heterocycles. The monoisotopic (exact) mass is 446 g/mol. The summed E-state index contributed by atoms with van der Waals surface area (Å²) in [4.78, 5) is 0. The molecule has 4 aliphatic rings. The Morgan fingerprint density at radius 1 is 0.969 bits per heavy atom. The van der Waals surface area contributed by atoms with Crippen LogP contribution in [0.25, 0.3) is 0 Å². The van der Waals surface area contributed by atoms with Crippen LogP contribution in [0.2, 0.25) is 0 Å². The van der Waals surface area contributed by atoms with Crippen LogP contribution in [-0.2, 0) is 9.31 Å². The summed E-state index contributed by atoms with van der Waals surface area (Å²) in [6.07, 6.45) is 16.4. The van der Waals surface area contributed by atoms with E-state index in [0.717, 1.165) is 41.9 Å². The van der Waals surface area contributed by atoms with E-state index in [9.17, 15) is 5.26 Å². The molecule has 0 aromatic heterocycles. The molecule has 0 N–H and O–H groups in total. The summed E-state index contributed by atoms with van der Waals surface area (Å²) in [6.45, 7) is 14.2. The molecular formula is C29H50O3. The topological polar surface area (TPSA) is 43.6 Å². The predicted octanol–water partition coefficient (Wildman–Crippen LogP) is 6.85. The Hall–Kier alpha value is -0.730. The number of esters is 1. The van der Waals surface area contributed by atoms with Crippen LogP contribution in [-0.4, -0.2) is 12.1 Å². The van der Waals surface area contributed by atoms with Gasteiger partial charge in [0.1, 0.15) is 0 Å². The highest BCUT2D eigenvalue weighted by Crippen LogP contribution is 2.68. The lowest BCUT2D eigenvalue weighted by Gasteiger charge is -2.61. The number of rotatable bonds is 6. The van der Waals surface area contributed by atoms with Crippen LogP contribution >= 0.6 is 0 Å². The van der Waals surface area contributed by atoms with E-state index in [0.29, 0.717) is 16.7 Å². The molecule has 0 radical (unpaired) electrons. The standard InChI is InChI=1S/C29H50O3/c1-19(2)10-9-11-20(3)23-13-14-24-27-25(15-17-29(23,24)6)28(5)16-8-7-12-22(28)18-26(27)31-21(4)32-30/h19-20,22-27H,7-18H2,1-6H3/t20-,22?,23-,24+,25+,26?,27+,28+,29-/m1/s1. The zero-order chi connectivity index (χ0) is 23.1. The maximum atomic E-state index is 11.1. The average molecular weight is 447 g/mol. The fourth-order valence-corrected chi connectivity index (χ4v) is 9.61. The van der Waals surface area contributed by atoms with Crippen molar-refractivity contribution in [3.63, 3.8) is 0 Å². The highest BCUT2D eigenvalue weighted by atomic mass is 17.1. The fraction of sp³-hybridized carbons (Fsp3) is 0.966. The van der Waals surface area contributed by atoms with E-state index in [1.54, 1.807) is 6.92 Å². The van der Waals surface area contributed by atoms with Gasteiger partial charge in [0.05, 0.1) is 6.92 Å². The van der Waals surface area contributed by atoms with Crippen LogP contribution < -0.4 is 5.26 Å². The second kappa shape index (κ2) is 9.49. The van der Waals surface area contributed by atoms with Gasteiger partial charge in [0, 0.05) is 12.3 Å². The maximum Gasteiger partial charge on any atom is 0.494 e. The molecule has 4 saturated carbocycles. The normalized spacial score (nSPS) is 45.2. The molecular weight excluding hydrogens is 396 g/mol. The smallest absolute Gasteiger partial charge is 0.494 e. The van der Waals surface area contributed by atoms with E-state index in [1.807, 2.05) is 0 Å². The molecule has 3 nitrogen and oxygen atoms in total. The van der Waals surface area contributed by atoms with Gasteiger partial charge in [-0.1, -0.05) is 66.7 Å². The van der Waals surface area contributed by atoms with Gasteiger partial charge in [-0.05, 0) is 84.9 Å². The first-order valence-electron chi connectivity index (χ1n) is 14.0. The van der Waals surface area contributed by atoms with E-state index in [-0.39, 0.29) is 12.1 Å². The molecule has 0 aliphatic heterocycles. The number of hydrogen-bond donors (Lipinski definition) is 0.